The van der Waals surface area contributed by atoms with Crippen molar-refractivity contribution >= 4 is 101 Å². The van der Waals surface area contributed by atoms with Crippen molar-refractivity contribution in [2.75, 3.05) is 21.3 Å². The topological polar surface area (TPSA) is 246 Å². The molecule has 18 nitrogen and oxygen atoms in total. The smallest absolute Gasteiger partial charge is 0.263 e. The maximum Gasteiger partial charge on any atom is 0.263 e. The van der Waals surface area contributed by atoms with Gasteiger partial charge in [-0.1, -0.05) is 59.2 Å². The summed E-state index contributed by atoms with van der Waals surface area (Å²) < 4.78 is 44.7. The van der Waals surface area contributed by atoms with Crippen LogP contribution in [0.1, 0.15) is 47.2 Å². The monoisotopic (exact) mass is 1290 g/mol. The SMILES string of the molecule is Cc1onc(-c2ccccc2Cl)c1C(=O)Nc1nc(-c2ccncc2)cs1.O=C(Nc1nc(-c2ccncc2)cs1)c1ccc(F)cc1F.O=C(Nc1nc(-c2ccncc2)cs1)c1cccc(F)c1.O=C(Nc1nc(-c2ccncc2)cs1)c1ccccc1. The summed E-state index contributed by atoms with van der Waals surface area (Å²) in [6.07, 6.45) is 13.5. The number of anilines is 4. The van der Waals surface area contributed by atoms with E-state index in [0.717, 1.165) is 51.5 Å². The second-order valence-corrected chi connectivity index (χ2v) is 22.2. The van der Waals surface area contributed by atoms with E-state index in [-0.39, 0.29) is 28.8 Å². The summed E-state index contributed by atoms with van der Waals surface area (Å²) in [5, 5.41) is 24.6. The lowest BCUT2D eigenvalue weighted by molar-refractivity contribution is 0.101. The van der Waals surface area contributed by atoms with Crippen molar-refractivity contribution in [3.63, 3.8) is 0 Å². The standard InChI is InChI=1S/C19H13ClN4O2S.C15H9F2N3OS.C15H10FN3OS.C15H11N3OS/c1-11-16(17(24-26-11)13-4-2-3-5-14(13)20)18(25)23-19-22-15(10-27-19)12-6-8-21-9-7-12;16-10-1-2-11(12(17)7-10)14(21)20-15-19-13(8-22-15)9-3-5-18-6-4-9;16-12-3-1-2-11(8-12)14(20)19-15-18-13(9-21-15)10-4-6-17-7-5-10;19-14(12-4-2-1-3-5-12)18-15-17-13(10-20-15)11-6-8-16-9-7-11/h2-10H,1H3,(H,22,23,25);1-8H,(H,19,20,21);1-9H,(H,18,19,20);1-10H,(H,17,18,19). The van der Waals surface area contributed by atoms with E-state index >= 15 is 0 Å². The molecule has 0 radical (unpaired) electrons. The highest BCUT2D eigenvalue weighted by Gasteiger charge is 2.24. The predicted octanol–water partition coefficient (Wildman–Crippen LogP) is 15.9. The molecule has 0 saturated carbocycles. The van der Waals surface area contributed by atoms with Crippen LogP contribution in [-0.2, 0) is 0 Å². The van der Waals surface area contributed by atoms with Gasteiger partial charge in [0.05, 0.1) is 33.4 Å². The number of benzene rings is 4. The number of thiazole rings is 4. The number of halogens is 4. The number of carbonyl (C=O) groups is 4. The zero-order valence-corrected chi connectivity index (χ0v) is 50.5. The molecular formula is C64H43ClF3N13O5S4. The molecule has 446 valence electrons. The molecule has 0 atom stereocenters. The molecule has 9 heterocycles. The number of hydrogen-bond donors (Lipinski definition) is 4. The molecule has 0 unspecified atom stereocenters. The van der Waals surface area contributed by atoms with Crippen molar-refractivity contribution in [1.29, 1.82) is 0 Å². The maximum atomic E-state index is 13.5. The molecule has 0 aliphatic heterocycles. The predicted molar refractivity (Wildman–Crippen MR) is 344 cm³/mol. The number of nitrogens with one attached hydrogen (secondary N) is 4. The Morgan fingerprint density at radius 3 is 1.28 bits per heavy atom. The highest BCUT2D eigenvalue weighted by molar-refractivity contribution is 7.15. The molecule has 4 amide bonds. The van der Waals surface area contributed by atoms with Gasteiger partial charge in [0.25, 0.3) is 23.6 Å². The second-order valence-electron chi connectivity index (χ2n) is 18.4. The van der Waals surface area contributed by atoms with E-state index in [4.69, 9.17) is 16.1 Å². The van der Waals surface area contributed by atoms with Crippen LogP contribution in [0.25, 0.3) is 56.3 Å². The first kappa shape index (κ1) is 62.2. The van der Waals surface area contributed by atoms with Gasteiger partial charge in [-0.15, -0.1) is 45.3 Å². The third-order valence-electron chi connectivity index (χ3n) is 12.3. The fraction of sp³-hybridized carbons (Fsp3) is 0.0156. The first-order valence-corrected chi connectivity index (χ1v) is 30.4. The van der Waals surface area contributed by atoms with E-state index in [1.54, 1.807) is 104 Å². The zero-order chi connectivity index (χ0) is 62.8. The lowest BCUT2D eigenvalue weighted by Gasteiger charge is -2.04. The molecule has 26 heteroatoms. The molecule has 90 heavy (non-hydrogen) atoms. The quantitative estimate of drug-likeness (QED) is 0.0839. The Morgan fingerprint density at radius 2 is 0.833 bits per heavy atom. The van der Waals surface area contributed by atoms with Gasteiger partial charge in [-0.25, -0.2) is 33.1 Å². The van der Waals surface area contributed by atoms with E-state index < -0.39 is 23.4 Å². The Labute approximate surface area is 531 Å². The van der Waals surface area contributed by atoms with Gasteiger partial charge < -0.3 is 4.52 Å². The van der Waals surface area contributed by atoms with Gasteiger partial charge in [0.2, 0.25) is 0 Å². The van der Waals surface area contributed by atoms with Gasteiger partial charge in [-0.3, -0.25) is 60.4 Å². The minimum absolute atomic E-state index is 0.152. The van der Waals surface area contributed by atoms with Crippen molar-refractivity contribution in [3.05, 3.63) is 267 Å². The van der Waals surface area contributed by atoms with Crippen LogP contribution in [0.15, 0.2) is 221 Å². The zero-order valence-electron chi connectivity index (χ0n) is 46.5. The number of aryl methyl sites for hydroxylation is 1. The fourth-order valence-corrected chi connectivity index (χ4v) is 11.1. The van der Waals surface area contributed by atoms with Crippen molar-refractivity contribution in [1.82, 2.24) is 45.0 Å². The van der Waals surface area contributed by atoms with Gasteiger partial charge in [-0.2, -0.15) is 0 Å². The maximum absolute atomic E-state index is 13.5. The average Bonchev–Trinajstić information content (AvgIpc) is 2.59. The largest absolute Gasteiger partial charge is 0.360 e. The Kier molecular flexibility index (Phi) is 20.9. The number of carbonyl (C=O) groups excluding carboxylic acids is 4. The minimum atomic E-state index is -0.914. The molecule has 0 saturated heterocycles. The number of pyridine rings is 4. The summed E-state index contributed by atoms with van der Waals surface area (Å²) >= 11 is 11.5. The average molecular weight is 1290 g/mol. The van der Waals surface area contributed by atoms with E-state index in [1.165, 1.54) is 63.5 Å². The summed E-state index contributed by atoms with van der Waals surface area (Å²) in [6.45, 7) is 1.69. The van der Waals surface area contributed by atoms with Crippen LogP contribution in [0.2, 0.25) is 5.02 Å². The molecule has 13 rings (SSSR count). The third kappa shape index (κ3) is 16.6. The summed E-state index contributed by atoms with van der Waals surface area (Å²) in [6, 6.07) is 39.3. The van der Waals surface area contributed by atoms with Crippen LogP contribution in [0.4, 0.5) is 33.7 Å². The molecule has 0 aliphatic carbocycles. The molecule has 0 spiro atoms. The molecular weight excluding hydrogens is 1250 g/mol. The molecule has 13 aromatic rings. The second kappa shape index (κ2) is 30.2. The van der Waals surface area contributed by atoms with Gasteiger partial charge in [0.1, 0.15) is 34.5 Å². The number of aromatic nitrogens is 9. The first-order chi connectivity index (χ1) is 43.8. The molecule has 9 aromatic heterocycles. The highest BCUT2D eigenvalue weighted by atomic mass is 35.5. The van der Waals surface area contributed by atoms with Crippen molar-refractivity contribution in [3.8, 4) is 56.3 Å². The van der Waals surface area contributed by atoms with E-state index in [0.29, 0.717) is 65.5 Å². The Morgan fingerprint density at radius 1 is 0.433 bits per heavy atom. The molecule has 0 aliphatic rings. The van der Waals surface area contributed by atoms with Crippen LogP contribution in [0.3, 0.4) is 0 Å². The highest BCUT2D eigenvalue weighted by Crippen LogP contribution is 2.33. The van der Waals surface area contributed by atoms with Gasteiger partial charge in [0.15, 0.2) is 20.5 Å². The van der Waals surface area contributed by atoms with E-state index in [1.807, 2.05) is 82.9 Å². The number of nitrogens with zero attached hydrogens (tertiary/aromatic N) is 9. The molecule has 4 N–H and O–H groups in total. The van der Waals surface area contributed by atoms with Gasteiger partial charge in [-0.05, 0) is 104 Å². The Balaban J connectivity index is 0.000000133. The van der Waals surface area contributed by atoms with Crippen LogP contribution < -0.4 is 21.3 Å². The number of rotatable bonds is 13. The summed E-state index contributed by atoms with van der Waals surface area (Å²) in [5.41, 5.74) is 8.77. The van der Waals surface area contributed by atoms with Crippen LogP contribution >= 0.6 is 56.9 Å². The minimum Gasteiger partial charge on any atom is -0.360 e. The first-order valence-electron chi connectivity index (χ1n) is 26.5. The molecule has 0 fully saturated rings. The molecule has 0 bridgehead atoms. The number of amides is 4. The van der Waals surface area contributed by atoms with Crippen molar-refractivity contribution in [2.45, 2.75) is 6.92 Å². The Hall–Kier alpha value is -10.8. The molecule has 4 aromatic carbocycles. The van der Waals surface area contributed by atoms with Crippen molar-refractivity contribution in [2.24, 2.45) is 0 Å². The van der Waals surface area contributed by atoms with Gasteiger partial charge in [0, 0.05) is 116 Å². The summed E-state index contributed by atoms with van der Waals surface area (Å²) in [7, 11) is 0. The summed E-state index contributed by atoms with van der Waals surface area (Å²) in [5.74, 6) is -3.24. The van der Waals surface area contributed by atoms with Gasteiger partial charge >= 0.3 is 0 Å². The number of hydrogen-bond acceptors (Lipinski definition) is 18. The fourth-order valence-electron chi connectivity index (χ4n) is 7.98. The van der Waals surface area contributed by atoms with E-state index in [9.17, 15) is 32.3 Å². The van der Waals surface area contributed by atoms with Crippen LogP contribution in [0, 0.1) is 24.4 Å². The normalized spacial score (nSPS) is 10.5. The van der Waals surface area contributed by atoms with Crippen molar-refractivity contribution < 1.29 is 36.9 Å². The van der Waals surface area contributed by atoms with Crippen LogP contribution in [-0.4, -0.2) is 68.7 Å². The Bertz CT molecular complexity index is 4560. The lowest BCUT2D eigenvalue weighted by atomic mass is 10.1. The lowest BCUT2D eigenvalue weighted by Crippen LogP contribution is -2.13. The van der Waals surface area contributed by atoms with E-state index in [2.05, 4.69) is 66.3 Å². The summed E-state index contributed by atoms with van der Waals surface area (Å²) in [4.78, 5) is 82.1. The third-order valence-corrected chi connectivity index (χ3v) is 15.7. The van der Waals surface area contributed by atoms with Crippen LogP contribution in [0.5, 0.6) is 0 Å².